The molecule has 0 atom stereocenters. The Hall–Kier alpha value is -3.52. The topological polar surface area (TPSA) is 96.8 Å². The summed E-state index contributed by atoms with van der Waals surface area (Å²) in [5.41, 5.74) is -0.223. The lowest BCUT2D eigenvalue weighted by Crippen LogP contribution is -2.39. The number of benzene rings is 1. The molecule has 0 aliphatic heterocycles. The number of aromatic amines is 1. The molecule has 0 aliphatic rings. The van der Waals surface area contributed by atoms with E-state index >= 15 is 0 Å². The second-order valence-corrected chi connectivity index (χ2v) is 6.85. The molecular formula is C19H14N4O3S. The van der Waals surface area contributed by atoms with Crippen molar-refractivity contribution in [2.45, 2.75) is 6.54 Å². The Morgan fingerprint density at radius 1 is 1.15 bits per heavy atom. The predicted octanol–water partition coefficient (Wildman–Crippen LogP) is 2.45. The molecule has 0 bridgehead atoms. The van der Waals surface area contributed by atoms with Crippen LogP contribution < -0.4 is 16.6 Å². The average Bonchev–Trinajstić information content (AvgIpc) is 3.18. The molecule has 3 aromatic heterocycles. The van der Waals surface area contributed by atoms with E-state index in [0.717, 1.165) is 21.0 Å². The number of pyridine rings is 1. The van der Waals surface area contributed by atoms with Crippen molar-refractivity contribution in [3.63, 3.8) is 0 Å². The monoisotopic (exact) mass is 378 g/mol. The van der Waals surface area contributed by atoms with Gasteiger partial charge in [0.05, 0.1) is 17.7 Å². The number of hydrogen-bond acceptors (Lipinski definition) is 5. The zero-order chi connectivity index (χ0) is 18.8. The molecule has 0 unspecified atom stereocenters. The molecule has 4 aromatic rings. The van der Waals surface area contributed by atoms with Crippen LogP contribution in [0.4, 0.5) is 5.69 Å². The summed E-state index contributed by atoms with van der Waals surface area (Å²) in [6.07, 6.45) is 2.77. The number of rotatable bonds is 4. The van der Waals surface area contributed by atoms with Crippen molar-refractivity contribution in [1.82, 2.24) is 14.5 Å². The minimum Gasteiger partial charge on any atom is -0.320 e. The molecule has 0 saturated heterocycles. The van der Waals surface area contributed by atoms with Gasteiger partial charge in [0.15, 0.2) is 0 Å². The van der Waals surface area contributed by atoms with Gasteiger partial charge >= 0.3 is 5.69 Å². The number of nitrogens with zero attached hydrogens (tertiary/aromatic N) is 2. The van der Waals surface area contributed by atoms with Gasteiger partial charge in [-0.15, -0.1) is 11.3 Å². The van der Waals surface area contributed by atoms with Crippen molar-refractivity contribution < 1.29 is 4.79 Å². The van der Waals surface area contributed by atoms with E-state index in [4.69, 9.17) is 0 Å². The molecule has 1 aromatic carbocycles. The van der Waals surface area contributed by atoms with Crippen molar-refractivity contribution in [1.29, 1.82) is 0 Å². The smallest absolute Gasteiger partial charge is 0.320 e. The molecule has 4 rings (SSSR count). The van der Waals surface area contributed by atoms with Crippen LogP contribution in [0.3, 0.4) is 0 Å². The number of hydrogen-bond donors (Lipinski definition) is 2. The number of carbonyl (C=O) groups is 1. The third-order valence-electron chi connectivity index (χ3n) is 4.08. The highest BCUT2D eigenvalue weighted by Crippen LogP contribution is 2.20. The van der Waals surface area contributed by atoms with Gasteiger partial charge in [-0.05, 0) is 23.6 Å². The number of para-hydroxylation sites is 1. The van der Waals surface area contributed by atoms with Crippen LogP contribution in [-0.2, 0) is 6.54 Å². The molecule has 1 amide bonds. The summed E-state index contributed by atoms with van der Waals surface area (Å²) in [6.45, 7) is 0.114. The number of fused-ring (bicyclic) bond motifs is 1. The van der Waals surface area contributed by atoms with E-state index in [1.807, 2.05) is 29.6 Å². The molecule has 0 saturated carbocycles. The molecule has 3 heterocycles. The molecule has 0 aliphatic carbocycles. The minimum absolute atomic E-state index is 0.114. The molecule has 27 heavy (non-hydrogen) atoms. The fourth-order valence-corrected chi connectivity index (χ4v) is 3.46. The standard InChI is InChI=1S/C19H14N4O3S/c24-17(22-15-7-1-4-12-5-2-8-20-16(12)15)14-10-21-19(26)23(18(14)25)11-13-6-3-9-27-13/h1-10H,11H2,(H,21,26)(H,22,24). The first kappa shape index (κ1) is 16.9. The van der Waals surface area contributed by atoms with Crippen molar-refractivity contribution in [2.75, 3.05) is 5.32 Å². The molecule has 0 fully saturated rings. The SMILES string of the molecule is O=C(Nc1cccc2cccnc12)c1c[nH]c(=O)n(Cc2cccs2)c1=O. The van der Waals surface area contributed by atoms with Crippen LogP contribution in [-0.4, -0.2) is 20.4 Å². The Kier molecular flexibility index (Phi) is 4.39. The molecule has 7 nitrogen and oxygen atoms in total. The summed E-state index contributed by atoms with van der Waals surface area (Å²) in [4.78, 5) is 45.0. The van der Waals surface area contributed by atoms with Crippen LogP contribution in [0.25, 0.3) is 10.9 Å². The largest absolute Gasteiger partial charge is 0.328 e. The van der Waals surface area contributed by atoms with E-state index in [1.54, 1.807) is 24.4 Å². The second-order valence-electron chi connectivity index (χ2n) is 5.81. The Labute approximate surface area is 157 Å². The lowest BCUT2D eigenvalue weighted by molar-refractivity contribution is 0.102. The normalized spacial score (nSPS) is 10.8. The van der Waals surface area contributed by atoms with Gasteiger partial charge in [0, 0.05) is 22.7 Å². The fraction of sp³-hybridized carbons (Fsp3) is 0.0526. The van der Waals surface area contributed by atoms with Crippen molar-refractivity contribution in [2.24, 2.45) is 0 Å². The van der Waals surface area contributed by atoms with Crippen LogP contribution in [0, 0.1) is 0 Å². The van der Waals surface area contributed by atoms with Gasteiger partial charge in [-0.25, -0.2) is 4.79 Å². The van der Waals surface area contributed by atoms with E-state index in [-0.39, 0.29) is 12.1 Å². The van der Waals surface area contributed by atoms with Crippen molar-refractivity contribution >= 4 is 33.8 Å². The minimum atomic E-state index is -0.641. The van der Waals surface area contributed by atoms with Crippen LogP contribution in [0.2, 0.25) is 0 Å². The maximum atomic E-state index is 12.7. The number of H-pyrrole nitrogens is 1. The van der Waals surface area contributed by atoms with Crippen LogP contribution in [0.1, 0.15) is 15.2 Å². The highest BCUT2D eigenvalue weighted by atomic mass is 32.1. The number of thiophene rings is 1. The maximum absolute atomic E-state index is 12.7. The molecular weight excluding hydrogens is 364 g/mol. The van der Waals surface area contributed by atoms with Crippen LogP contribution >= 0.6 is 11.3 Å². The molecule has 0 radical (unpaired) electrons. The third kappa shape index (κ3) is 3.30. The zero-order valence-electron chi connectivity index (χ0n) is 14.0. The van der Waals surface area contributed by atoms with Gasteiger partial charge < -0.3 is 10.3 Å². The van der Waals surface area contributed by atoms with Crippen LogP contribution in [0.15, 0.2) is 69.8 Å². The lowest BCUT2D eigenvalue weighted by atomic mass is 10.2. The average molecular weight is 378 g/mol. The first-order chi connectivity index (χ1) is 13.1. The van der Waals surface area contributed by atoms with E-state index < -0.39 is 17.2 Å². The number of anilines is 1. The predicted molar refractivity (Wildman–Crippen MR) is 104 cm³/mol. The quantitative estimate of drug-likeness (QED) is 0.570. The number of carbonyl (C=O) groups excluding carboxylic acids is 1. The number of nitrogens with one attached hydrogen (secondary N) is 2. The van der Waals surface area contributed by atoms with E-state index in [9.17, 15) is 14.4 Å². The highest BCUT2D eigenvalue weighted by Gasteiger charge is 2.16. The van der Waals surface area contributed by atoms with Gasteiger partial charge in [0.1, 0.15) is 5.56 Å². The van der Waals surface area contributed by atoms with E-state index in [1.165, 1.54) is 11.3 Å². The maximum Gasteiger partial charge on any atom is 0.328 e. The van der Waals surface area contributed by atoms with Crippen molar-refractivity contribution in [3.8, 4) is 0 Å². The number of aromatic nitrogens is 3. The fourth-order valence-electron chi connectivity index (χ4n) is 2.77. The zero-order valence-corrected chi connectivity index (χ0v) is 14.8. The summed E-state index contributed by atoms with van der Waals surface area (Å²) < 4.78 is 1.02. The summed E-state index contributed by atoms with van der Waals surface area (Å²) in [5, 5.41) is 5.44. The Bertz CT molecular complexity index is 1240. The molecule has 0 spiro atoms. The second kappa shape index (κ2) is 7.00. The summed E-state index contributed by atoms with van der Waals surface area (Å²) in [5.74, 6) is -0.602. The van der Waals surface area contributed by atoms with E-state index in [2.05, 4.69) is 15.3 Å². The Balaban J connectivity index is 1.70. The molecule has 2 N–H and O–H groups in total. The van der Waals surface area contributed by atoms with Gasteiger partial charge in [-0.2, -0.15) is 0 Å². The first-order valence-electron chi connectivity index (χ1n) is 8.13. The van der Waals surface area contributed by atoms with Crippen molar-refractivity contribution in [3.05, 3.63) is 91.5 Å². The van der Waals surface area contributed by atoms with Gasteiger partial charge in [0.2, 0.25) is 0 Å². The van der Waals surface area contributed by atoms with Crippen LogP contribution in [0.5, 0.6) is 0 Å². The molecule has 8 heteroatoms. The Morgan fingerprint density at radius 3 is 2.81 bits per heavy atom. The Morgan fingerprint density at radius 2 is 2.00 bits per heavy atom. The van der Waals surface area contributed by atoms with Gasteiger partial charge in [0.25, 0.3) is 11.5 Å². The number of amides is 1. The lowest BCUT2D eigenvalue weighted by Gasteiger charge is -2.09. The molecule has 134 valence electrons. The summed E-state index contributed by atoms with van der Waals surface area (Å²) in [6, 6.07) is 12.7. The highest BCUT2D eigenvalue weighted by molar-refractivity contribution is 7.09. The summed E-state index contributed by atoms with van der Waals surface area (Å²) in [7, 11) is 0. The first-order valence-corrected chi connectivity index (χ1v) is 9.01. The third-order valence-corrected chi connectivity index (χ3v) is 4.94. The van der Waals surface area contributed by atoms with Gasteiger partial charge in [-0.3, -0.25) is 19.1 Å². The van der Waals surface area contributed by atoms with Gasteiger partial charge in [-0.1, -0.05) is 24.3 Å². The van der Waals surface area contributed by atoms with E-state index in [0.29, 0.717) is 11.2 Å². The summed E-state index contributed by atoms with van der Waals surface area (Å²) >= 11 is 1.43.